The predicted molar refractivity (Wildman–Crippen MR) is 101 cm³/mol. The third-order valence-corrected chi connectivity index (χ3v) is 5.24. The smallest absolute Gasteiger partial charge is 0.253 e. The van der Waals surface area contributed by atoms with Gasteiger partial charge in [0.1, 0.15) is 5.82 Å². The van der Waals surface area contributed by atoms with E-state index in [0.717, 1.165) is 43.9 Å². The largest absolute Gasteiger partial charge is 0.350 e. The second-order valence-electron chi connectivity index (χ2n) is 7.02. The van der Waals surface area contributed by atoms with Crippen LogP contribution >= 0.6 is 0 Å². The maximum atomic E-state index is 12.8. The number of carbonyl (C=O) groups excluding carboxylic acids is 1. The Balaban J connectivity index is 1.37. The molecule has 0 spiro atoms. The number of benzene rings is 1. The van der Waals surface area contributed by atoms with Gasteiger partial charge in [0.2, 0.25) is 0 Å². The maximum Gasteiger partial charge on any atom is 0.253 e. The molecule has 1 aliphatic heterocycles. The number of hydrogen-bond donors (Lipinski definition) is 0. The molecule has 2 aromatic heterocycles. The molecule has 0 unspecified atom stereocenters. The number of aryl methyl sites for hydroxylation is 1. The number of rotatable bonds is 4. The predicted octanol–water partition coefficient (Wildman–Crippen LogP) is 3.29. The van der Waals surface area contributed by atoms with Gasteiger partial charge < -0.3 is 14.0 Å². The third kappa shape index (κ3) is 3.43. The zero-order valence-corrected chi connectivity index (χ0v) is 15.1. The second kappa shape index (κ2) is 7.20. The van der Waals surface area contributed by atoms with Gasteiger partial charge in [0, 0.05) is 63.0 Å². The molecule has 4 rings (SSSR count). The first-order chi connectivity index (χ1) is 12.7. The summed E-state index contributed by atoms with van der Waals surface area (Å²) in [6, 6.07) is 12.0. The summed E-state index contributed by atoms with van der Waals surface area (Å²) in [5.41, 5.74) is 1.97. The summed E-state index contributed by atoms with van der Waals surface area (Å²) < 4.78 is 4.21. The normalized spacial score (nSPS) is 15.3. The minimum atomic E-state index is 0.135. The van der Waals surface area contributed by atoms with Gasteiger partial charge in [0.05, 0.1) is 0 Å². The number of piperidine rings is 1. The summed E-state index contributed by atoms with van der Waals surface area (Å²) in [5.74, 6) is 1.71. The van der Waals surface area contributed by atoms with Crippen molar-refractivity contribution in [2.75, 3.05) is 13.1 Å². The molecule has 0 N–H and O–H groups in total. The molecule has 3 heterocycles. The fraction of sp³-hybridized carbons (Fsp3) is 0.333. The van der Waals surface area contributed by atoms with Crippen LogP contribution in [0.15, 0.2) is 61.2 Å². The first kappa shape index (κ1) is 16.6. The Hall–Kier alpha value is -2.82. The molecule has 1 amide bonds. The molecule has 5 nitrogen and oxygen atoms in total. The van der Waals surface area contributed by atoms with E-state index in [1.807, 2.05) is 73.1 Å². The van der Waals surface area contributed by atoms with E-state index in [2.05, 4.69) is 14.1 Å². The molecule has 1 aromatic carbocycles. The van der Waals surface area contributed by atoms with Crippen molar-refractivity contribution >= 4 is 5.91 Å². The zero-order chi connectivity index (χ0) is 17.9. The number of carbonyl (C=O) groups is 1. The molecular weight excluding hydrogens is 324 g/mol. The highest BCUT2D eigenvalue weighted by atomic mass is 16.2. The average Bonchev–Trinajstić information content (AvgIpc) is 3.34. The van der Waals surface area contributed by atoms with Crippen molar-refractivity contribution in [1.82, 2.24) is 19.0 Å². The van der Waals surface area contributed by atoms with E-state index in [4.69, 9.17) is 0 Å². The number of imidazole rings is 1. The molecule has 0 aliphatic carbocycles. The first-order valence-electron chi connectivity index (χ1n) is 9.17. The zero-order valence-electron chi connectivity index (χ0n) is 15.1. The fourth-order valence-corrected chi connectivity index (χ4v) is 3.73. The van der Waals surface area contributed by atoms with Crippen LogP contribution in [-0.4, -0.2) is 38.0 Å². The quantitative estimate of drug-likeness (QED) is 0.726. The highest BCUT2D eigenvalue weighted by Crippen LogP contribution is 2.27. The fourth-order valence-electron chi connectivity index (χ4n) is 3.73. The molecule has 134 valence electrons. The van der Waals surface area contributed by atoms with Gasteiger partial charge in [-0.05, 0) is 42.7 Å². The molecule has 0 saturated carbocycles. The summed E-state index contributed by atoms with van der Waals surface area (Å²) in [7, 11) is 2.04. The molecule has 1 saturated heterocycles. The van der Waals surface area contributed by atoms with E-state index in [1.165, 1.54) is 5.56 Å². The van der Waals surface area contributed by atoms with Crippen LogP contribution in [0, 0.1) is 0 Å². The van der Waals surface area contributed by atoms with Crippen molar-refractivity contribution in [2.24, 2.45) is 7.05 Å². The van der Waals surface area contributed by atoms with Gasteiger partial charge in [0.15, 0.2) is 0 Å². The molecule has 3 aromatic rings. The highest BCUT2D eigenvalue weighted by Gasteiger charge is 2.26. The van der Waals surface area contributed by atoms with Crippen molar-refractivity contribution < 1.29 is 4.79 Å². The van der Waals surface area contributed by atoms with Gasteiger partial charge in [-0.15, -0.1) is 0 Å². The molecule has 0 atom stereocenters. The lowest BCUT2D eigenvalue weighted by Crippen LogP contribution is -2.38. The molecule has 1 fully saturated rings. The van der Waals surface area contributed by atoms with Crippen molar-refractivity contribution in [1.29, 1.82) is 0 Å². The number of hydrogen-bond acceptors (Lipinski definition) is 2. The average molecular weight is 348 g/mol. The van der Waals surface area contributed by atoms with E-state index in [0.29, 0.717) is 5.92 Å². The van der Waals surface area contributed by atoms with Crippen LogP contribution in [-0.2, 0) is 13.6 Å². The Morgan fingerprint density at radius 3 is 2.38 bits per heavy atom. The van der Waals surface area contributed by atoms with Crippen LogP contribution in [0.2, 0.25) is 0 Å². The van der Waals surface area contributed by atoms with E-state index in [9.17, 15) is 4.79 Å². The van der Waals surface area contributed by atoms with Gasteiger partial charge in [0.25, 0.3) is 5.91 Å². The highest BCUT2D eigenvalue weighted by molar-refractivity contribution is 5.94. The molecule has 26 heavy (non-hydrogen) atoms. The summed E-state index contributed by atoms with van der Waals surface area (Å²) in [4.78, 5) is 19.2. The first-order valence-corrected chi connectivity index (χ1v) is 9.17. The van der Waals surface area contributed by atoms with E-state index >= 15 is 0 Å². The Morgan fingerprint density at radius 1 is 1.08 bits per heavy atom. The van der Waals surface area contributed by atoms with Crippen molar-refractivity contribution in [3.8, 4) is 0 Å². The van der Waals surface area contributed by atoms with E-state index in [-0.39, 0.29) is 5.91 Å². The SMILES string of the molecule is Cn1ccnc1C1CCN(C(=O)c2ccc(Cn3cccc3)cc2)CC1. The van der Waals surface area contributed by atoms with E-state index < -0.39 is 0 Å². The number of amides is 1. The van der Waals surface area contributed by atoms with Crippen molar-refractivity contribution in [3.63, 3.8) is 0 Å². The van der Waals surface area contributed by atoms with E-state index in [1.54, 1.807) is 0 Å². The maximum absolute atomic E-state index is 12.8. The van der Waals surface area contributed by atoms with Crippen LogP contribution in [0.3, 0.4) is 0 Å². The Morgan fingerprint density at radius 2 is 1.77 bits per heavy atom. The number of likely N-dealkylation sites (tertiary alicyclic amines) is 1. The monoisotopic (exact) mass is 348 g/mol. The Kier molecular flexibility index (Phi) is 4.61. The molecule has 0 radical (unpaired) electrons. The van der Waals surface area contributed by atoms with Crippen molar-refractivity contribution in [3.05, 3.63) is 78.1 Å². The van der Waals surface area contributed by atoms with Crippen LogP contribution in [0.4, 0.5) is 0 Å². The third-order valence-electron chi connectivity index (χ3n) is 5.24. The Labute approximate surface area is 153 Å². The van der Waals surface area contributed by atoms with Gasteiger partial charge in [-0.1, -0.05) is 12.1 Å². The lowest BCUT2D eigenvalue weighted by molar-refractivity contribution is 0.0710. The minimum Gasteiger partial charge on any atom is -0.350 e. The summed E-state index contributed by atoms with van der Waals surface area (Å²) in [5, 5.41) is 0. The van der Waals surface area contributed by atoms with Crippen LogP contribution in [0.25, 0.3) is 0 Å². The van der Waals surface area contributed by atoms with Gasteiger partial charge in [-0.3, -0.25) is 4.79 Å². The summed E-state index contributed by atoms with van der Waals surface area (Å²) in [6.07, 6.45) is 9.88. The molecular formula is C21H24N4O. The lowest BCUT2D eigenvalue weighted by Gasteiger charge is -2.31. The van der Waals surface area contributed by atoms with Crippen LogP contribution in [0.1, 0.15) is 40.5 Å². The molecule has 1 aliphatic rings. The summed E-state index contributed by atoms with van der Waals surface area (Å²) >= 11 is 0. The van der Waals surface area contributed by atoms with Gasteiger partial charge in [-0.2, -0.15) is 0 Å². The topological polar surface area (TPSA) is 43.1 Å². The lowest BCUT2D eigenvalue weighted by atomic mass is 9.95. The van der Waals surface area contributed by atoms with Crippen LogP contribution < -0.4 is 0 Å². The number of nitrogens with zero attached hydrogens (tertiary/aromatic N) is 4. The van der Waals surface area contributed by atoms with Crippen molar-refractivity contribution in [2.45, 2.75) is 25.3 Å². The second-order valence-corrected chi connectivity index (χ2v) is 7.02. The minimum absolute atomic E-state index is 0.135. The standard InChI is InChI=1S/C21H24N4O/c1-23-15-10-22-20(23)18-8-13-25(14-9-18)21(26)19-6-4-17(5-7-19)16-24-11-2-3-12-24/h2-7,10-12,15,18H,8-9,13-14,16H2,1H3. The van der Waals surface area contributed by atoms with Crippen LogP contribution in [0.5, 0.6) is 0 Å². The van der Waals surface area contributed by atoms with Gasteiger partial charge >= 0.3 is 0 Å². The summed E-state index contributed by atoms with van der Waals surface area (Å²) in [6.45, 7) is 2.42. The Bertz CT molecular complexity index is 856. The molecule has 5 heteroatoms. The van der Waals surface area contributed by atoms with Gasteiger partial charge in [-0.25, -0.2) is 4.98 Å². The number of aromatic nitrogens is 3. The molecule has 0 bridgehead atoms.